The van der Waals surface area contributed by atoms with Gasteiger partial charge in [-0.1, -0.05) is 12.8 Å². The van der Waals surface area contributed by atoms with Crippen molar-refractivity contribution in [3.05, 3.63) is 0 Å². The predicted molar refractivity (Wildman–Crippen MR) is 75.8 cm³/mol. The van der Waals surface area contributed by atoms with Crippen molar-refractivity contribution in [3.63, 3.8) is 0 Å². The molecular weight excluding hydrogens is 226 g/mol. The molecule has 0 unspecified atom stereocenters. The number of hydrogen-bond acceptors (Lipinski definition) is 3. The van der Waals surface area contributed by atoms with Gasteiger partial charge in [0.05, 0.1) is 6.10 Å². The molecule has 108 valence electrons. The summed E-state index contributed by atoms with van der Waals surface area (Å²) in [7, 11) is 0. The number of aliphatic hydroxyl groups is 1. The van der Waals surface area contributed by atoms with Crippen LogP contribution >= 0.6 is 0 Å². The molecule has 2 N–H and O–H groups in total. The Hall–Kier alpha value is -0.120. The summed E-state index contributed by atoms with van der Waals surface area (Å²) < 4.78 is 6.03. The highest BCUT2D eigenvalue weighted by Crippen LogP contribution is 2.30. The number of nitrogens with one attached hydrogen (secondary N) is 1. The summed E-state index contributed by atoms with van der Waals surface area (Å²) in [6.07, 6.45) is 6.88. The van der Waals surface area contributed by atoms with Crippen molar-refractivity contribution in [1.82, 2.24) is 5.32 Å². The van der Waals surface area contributed by atoms with E-state index in [2.05, 4.69) is 33.0 Å². The SMILES string of the molecule is CC1(C)CC(OCCCCCCO)CC(C)(C)N1. The van der Waals surface area contributed by atoms with E-state index < -0.39 is 0 Å². The molecule has 0 spiro atoms. The minimum atomic E-state index is 0.170. The van der Waals surface area contributed by atoms with Gasteiger partial charge in [0.25, 0.3) is 0 Å². The molecule has 0 bridgehead atoms. The maximum atomic E-state index is 8.70. The molecule has 18 heavy (non-hydrogen) atoms. The molecule has 1 saturated heterocycles. The van der Waals surface area contributed by atoms with Crippen LogP contribution in [0.15, 0.2) is 0 Å². The van der Waals surface area contributed by atoms with Crippen LogP contribution in [-0.4, -0.2) is 35.5 Å². The van der Waals surface area contributed by atoms with Crippen LogP contribution < -0.4 is 5.32 Å². The van der Waals surface area contributed by atoms with E-state index in [0.29, 0.717) is 12.7 Å². The zero-order chi connectivity index (χ0) is 13.6. The minimum absolute atomic E-state index is 0.170. The van der Waals surface area contributed by atoms with Gasteiger partial charge >= 0.3 is 0 Å². The first kappa shape index (κ1) is 15.9. The van der Waals surface area contributed by atoms with E-state index in [1.54, 1.807) is 0 Å². The Morgan fingerprint density at radius 1 is 1.00 bits per heavy atom. The Balaban J connectivity index is 2.21. The first-order chi connectivity index (χ1) is 8.35. The zero-order valence-corrected chi connectivity index (χ0v) is 12.6. The van der Waals surface area contributed by atoms with Gasteiger partial charge in [-0.15, -0.1) is 0 Å². The maximum Gasteiger partial charge on any atom is 0.0609 e. The van der Waals surface area contributed by atoms with Gasteiger partial charge in [0, 0.05) is 24.3 Å². The molecule has 0 aromatic carbocycles. The van der Waals surface area contributed by atoms with Crippen LogP contribution in [0.3, 0.4) is 0 Å². The van der Waals surface area contributed by atoms with E-state index >= 15 is 0 Å². The standard InChI is InChI=1S/C15H31NO2/c1-14(2)11-13(12-15(3,4)16-14)18-10-8-6-5-7-9-17/h13,16-17H,5-12H2,1-4H3. The molecule has 1 rings (SSSR count). The van der Waals surface area contributed by atoms with Crippen molar-refractivity contribution >= 4 is 0 Å². The second-order valence-electron chi connectivity index (χ2n) is 6.93. The number of ether oxygens (including phenoxy) is 1. The molecule has 1 aliphatic rings. The molecule has 1 heterocycles. The molecule has 3 nitrogen and oxygen atoms in total. The molecule has 0 aliphatic carbocycles. The number of hydrogen-bond donors (Lipinski definition) is 2. The summed E-state index contributed by atoms with van der Waals surface area (Å²) in [6, 6.07) is 0. The van der Waals surface area contributed by atoms with Crippen LogP contribution in [-0.2, 0) is 4.74 Å². The molecule has 3 heteroatoms. The Kier molecular flexibility index (Phi) is 6.09. The summed E-state index contributed by atoms with van der Waals surface area (Å²) >= 11 is 0. The Morgan fingerprint density at radius 3 is 2.11 bits per heavy atom. The second kappa shape index (κ2) is 6.88. The van der Waals surface area contributed by atoms with Crippen molar-refractivity contribution in [1.29, 1.82) is 0 Å². The molecule has 1 fully saturated rings. The predicted octanol–water partition coefficient (Wildman–Crippen LogP) is 2.86. The van der Waals surface area contributed by atoms with Gasteiger partial charge < -0.3 is 15.2 Å². The van der Waals surface area contributed by atoms with Crippen LogP contribution in [0.25, 0.3) is 0 Å². The van der Waals surface area contributed by atoms with Crippen LogP contribution in [0.4, 0.5) is 0 Å². The monoisotopic (exact) mass is 257 g/mol. The number of rotatable bonds is 7. The second-order valence-corrected chi connectivity index (χ2v) is 6.93. The highest BCUT2D eigenvalue weighted by Gasteiger charge is 2.37. The first-order valence-corrected chi connectivity index (χ1v) is 7.36. The van der Waals surface area contributed by atoms with Crippen molar-refractivity contribution < 1.29 is 9.84 Å². The van der Waals surface area contributed by atoms with Gasteiger partial charge in [0.1, 0.15) is 0 Å². The van der Waals surface area contributed by atoms with Gasteiger partial charge in [-0.05, 0) is 53.4 Å². The lowest BCUT2D eigenvalue weighted by molar-refractivity contribution is -0.0229. The quantitative estimate of drug-likeness (QED) is 0.689. The number of aliphatic hydroxyl groups excluding tert-OH is 1. The van der Waals surface area contributed by atoms with Crippen LogP contribution in [0, 0.1) is 0 Å². The van der Waals surface area contributed by atoms with Crippen molar-refractivity contribution in [3.8, 4) is 0 Å². The van der Waals surface area contributed by atoms with Gasteiger partial charge in [0.2, 0.25) is 0 Å². The molecule has 1 aliphatic heterocycles. The van der Waals surface area contributed by atoms with Crippen molar-refractivity contribution in [2.45, 2.75) is 83.4 Å². The molecule has 0 atom stereocenters. The highest BCUT2D eigenvalue weighted by molar-refractivity contribution is 4.97. The van der Waals surface area contributed by atoms with E-state index in [0.717, 1.165) is 45.1 Å². The van der Waals surface area contributed by atoms with E-state index in [4.69, 9.17) is 9.84 Å². The lowest BCUT2D eigenvalue weighted by atomic mass is 9.81. The number of piperidine rings is 1. The zero-order valence-electron chi connectivity index (χ0n) is 12.6. The van der Waals surface area contributed by atoms with E-state index in [9.17, 15) is 0 Å². The average Bonchev–Trinajstić information content (AvgIpc) is 2.18. The van der Waals surface area contributed by atoms with E-state index in [-0.39, 0.29) is 11.1 Å². The smallest absolute Gasteiger partial charge is 0.0609 e. The van der Waals surface area contributed by atoms with Gasteiger partial charge in [-0.2, -0.15) is 0 Å². The minimum Gasteiger partial charge on any atom is -0.396 e. The Morgan fingerprint density at radius 2 is 1.56 bits per heavy atom. The fourth-order valence-electron chi connectivity index (χ4n) is 3.16. The molecule has 0 radical (unpaired) electrons. The molecule has 0 amide bonds. The van der Waals surface area contributed by atoms with E-state index in [1.807, 2.05) is 0 Å². The lowest BCUT2D eigenvalue weighted by Crippen LogP contribution is -2.59. The first-order valence-electron chi connectivity index (χ1n) is 7.36. The Bertz CT molecular complexity index is 223. The van der Waals surface area contributed by atoms with Gasteiger partial charge in [0.15, 0.2) is 0 Å². The van der Waals surface area contributed by atoms with Crippen LogP contribution in [0.1, 0.15) is 66.2 Å². The summed E-state index contributed by atoms with van der Waals surface area (Å²) in [5, 5.41) is 12.4. The molecule has 0 aromatic heterocycles. The normalized spacial score (nSPS) is 23.2. The Labute approximate surface area is 112 Å². The van der Waals surface area contributed by atoms with Gasteiger partial charge in [-0.25, -0.2) is 0 Å². The van der Waals surface area contributed by atoms with Gasteiger partial charge in [-0.3, -0.25) is 0 Å². The fourth-order valence-corrected chi connectivity index (χ4v) is 3.16. The fraction of sp³-hybridized carbons (Fsp3) is 1.00. The molecule has 0 saturated carbocycles. The summed E-state index contributed by atoms with van der Waals surface area (Å²) in [5.41, 5.74) is 0.340. The summed E-state index contributed by atoms with van der Waals surface area (Å²) in [5.74, 6) is 0. The highest BCUT2D eigenvalue weighted by atomic mass is 16.5. The van der Waals surface area contributed by atoms with E-state index in [1.165, 1.54) is 0 Å². The molecule has 0 aromatic rings. The van der Waals surface area contributed by atoms with Crippen LogP contribution in [0.5, 0.6) is 0 Å². The van der Waals surface area contributed by atoms with Crippen molar-refractivity contribution in [2.24, 2.45) is 0 Å². The maximum absolute atomic E-state index is 8.70. The molecular formula is C15H31NO2. The summed E-state index contributed by atoms with van der Waals surface area (Å²) in [4.78, 5) is 0. The third-order valence-electron chi connectivity index (χ3n) is 3.56. The third kappa shape index (κ3) is 6.17. The lowest BCUT2D eigenvalue weighted by Gasteiger charge is -2.46. The summed E-state index contributed by atoms with van der Waals surface area (Å²) in [6.45, 7) is 10.2. The number of unbranched alkanes of at least 4 members (excludes halogenated alkanes) is 3. The topological polar surface area (TPSA) is 41.5 Å². The van der Waals surface area contributed by atoms with Crippen LogP contribution in [0.2, 0.25) is 0 Å². The average molecular weight is 257 g/mol. The largest absolute Gasteiger partial charge is 0.396 e. The third-order valence-corrected chi connectivity index (χ3v) is 3.56. The van der Waals surface area contributed by atoms with Crippen molar-refractivity contribution in [2.75, 3.05) is 13.2 Å².